The summed E-state index contributed by atoms with van der Waals surface area (Å²) in [5.74, 6) is -3.68. The normalized spacial score (nSPS) is 11.5. The lowest BCUT2D eigenvalue weighted by Gasteiger charge is -2.20. The molecular weight excluding hydrogens is 658 g/mol. The van der Waals surface area contributed by atoms with Crippen LogP contribution in [0.5, 0.6) is 11.5 Å². The Bertz CT molecular complexity index is 1740. The van der Waals surface area contributed by atoms with E-state index in [1.54, 1.807) is 30.3 Å². The highest BCUT2D eigenvalue weighted by Crippen LogP contribution is 2.43. The Kier molecular flexibility index (Phi) is 10.00. The number of aryl methyl sites for hydroxylation is 1. The van der Waals surface area contributed by atoms with Gasteiger partial charge < -0.3 is 9.47 Å². The van der Waals surface area contributed by atoms with Crippen LogP contribution < -0.4 is 9.47 Å². The van der Waals surface area contributed by atoms with Crippen LogP contribution in [0.1, 0.15) is 28.7 Å². The maximum atomic E-state index is 14.8. The zero-order valence-electron chi connectivity index (χ0n) is 22.4. The molecule has 0 N–H and O–H groups in total. The van der Waals surface area contributed by atoms with Crippen LogP contribution in [0.25, 0.3) is 11.1 Å². The van der Waals surface area contributed by atoms with Crippen molar-refractivity contribution in [2.24, 2.45) is 0 Å². The van der Waals surface area contributed by atoms with Crippen LogP contribution in [0.15, 0.2) is 73.3 Å². The maximum Gasteiger partial charge on any atom is 0.573 e. The molecule has 0 aliphatic rings. The molecule has 4 rings (SSSR count). The molecule has 0 aliphatic carbocycles. The highest BCUT2D eigenvalue weighted by atomic mass is 35.5. The van der Waals surface area contributed by atoms with Crippen molar-refractivity contribution in [3.63, 3.8) is 0 Å². The fraction of sp³-hybridized carbons (Fsp3) is 0.125. The van der Waals surface area contributed by atoms with E-state index in [1.807, 2.05) is 0 Å². The standard InChI is InChI=1S/C32H17Cl2F9O2/c1-2-3-4-17-5-8-19(9-6-17)20-13-25(35)22(26(36)14-20)10-7-18-11-27(37)29(28(38)12-18)31(39,40)44-21-15-23(33)30(24(34)16-21)45-32(41,42)43/h2,5-6,8-9,11-16H,1,3-4H2. The molecule has 0 amide bonds. The van der Waals surface area contributed by atoms with E-state index in [1.165, 1.54) is 0 Å². The van der Waals surface area contributed by atoms with Gasteiger partial charge in [0.1, 0.15) is 34.6 Å². The topological polar surface area (TPSA) is 18.5 Å². The molecule has 0 radical (unpaired) electrons. The van der Waals surface area contributed by atoms with Crippen molar-refractivity contribution in [1.29, 1.82) is 0 Å². The summed E-state index contributed by atoms with van der Waals surface area (Å²) in [6.45, 7) is 3.65. The Morgan fingerprint density at radius 2 is 1.27 bits per heavy atom. The summed E-state index contributed by atoms with van der Waals surface area (Å²) in [5, 5.41) is -1.77. The van der Waals surface area contributed by atoms with Gasteiger partial charge in [-0.2, -0.15) is 8.78 Å². The van der Waals surface area contributed by atoms with Crippen molar-refractivity contribution in [3.05, 3.63) is 129 Å². The van der Waals surface area contributed by atoms with Crippen molar-refractivity contribution in [2.75, 3.05) is 0 Å². The third-order valence-electron chi connectivity index (χ3n) is 6.07. The maximum absolute atomic E-state index is 14.8. The third kappa shape index (κ3) is 8.26. The van der Waals surface area contributed by atoms with Crippen LogP contribution in [-0.4, -0.2) is 6.36 Å². The number of alkyl halides is 5. The summed E-state index contributed by atoms with van der Waals surface area (Å²) in [7, 11) is 0. The molecule has 0 fully saturated rings. The predicted octanol–water partition coefficient (Wildman–Crippen LogP) is 10.8. The van der Waals surface area contributed by atoms with Crippen molar-refractivity contribution in [2.45, 2.75) is 25.3 Å². The molecule has 13 heteroatoms. The van der Waals surface area contributed by atoms with E-state index in [0.717, 1.165) is 30.5 Å². The minimum absolute atomic E-state index is 0.208. The minimum atomic E-state index is -5.21. The second-order valence-corrected chi connectivity index (χ2v) is 10.1. The minimum Gasteiger partial charge on any atom is -0.429 e. The second kappa shape index (κ2) is 13.4. The van der Waals surface area contributed by atoms with Crippen molar-refractivity contribution < 1.29 is 49.0 Å². The fourth-order valence-corrected chi connectivity index (χ4v) is 4.60. The van der Waals surface area contributed by atoms with Crippen molar-refractivity contribution >= 4 is 23.2 Å². The number of halogens is 11. The lowest BCUT2D eigenvalue weighted by molar-refractivity contribution is -0.274. The van der Waals surface area contributed by atoms with E-state index < -0.39 is 74.0 Å². The fourth-order valence-electron chi connectivity index (χ4n) is 4.06. The van der Waals surface area contributed by atoms with Gasteiger partial charge in [-0.1, -0.05) is 65.4 Å². The molecule has 0 saturated carbocycles. The Morgan fingerprint density at radius 3 is 1.78 bits per heavy atom. The molecule has 0 aromatic heterocycles. The zero-order chi connectivity index (χ0) is 33.1. The summed E-state index contributed by atoms with van der Waals surface area (Å²) in [4.78, 5) is 0. The van der Waals surface area contributed by atoms with Crippen LogP contribution in [0.2, 0.25) is 10.0 Å². The summed E-state index contributed by atoms with van der Waals surface area (Å²) in [5.41, 5.74) is -1.45. The average Bonchev–Trinajstić information content (AvgIpc) is 2.92. The Hall–Kier alpha value is -4.27. The quantitative estimate of drug-likeness (QED) is 0.105. The van der Waals surface area contributed by atoms with Gasteiger partial charge in [0.25, 0.3) is 0 Å². The van der Waals surface area contributed by atoms with E-state index in [-0.39, 0.29) is 5.56 Å². The van der Waals surface area contributed by atoms with Gasteiger partial charge in [0.2, 0.25) is 0 Å². The van der Waals surface area contributed by atoms with Gasteiger partial charge in [0, 0.05) is 17.7 Å². The van der Waals surface area contributed by atoms with Gasteiger partial charge in [-0.15, -0.1) is 19.8 Å². The smallest absolute Gasteiger partial charge is 0.429 e. The predicted molar refractivity (Wildman–Crippen MR) is 150 cm³/mol. The molecule has 0 heterocycles. The van der Waals surface area contributed by atoms with E-state index in [0.29, 0.717) is 29.8 Å². The third-order valence-corrected chi connectivity index (χ3v) is 6.63. The summed E-state index contributed by atoms with van der Waals surface area (Å²) in [6, 6.07) is 10.7. The molecule has 2 nitrogen and oxygen atoms in total. The van der Waals surface area contributed by atoms with E-state index in [2.05, 4.69) is 27.9 Å². The molecule has 0 spiro atoms. The molecule has 4 aromatic rings. The Morgan fingerprint density at radius 1 is 0.711 bits per heavy atom. The molecule has 0 aliphatic heterocycles. The molecule has 45 heavy (non-hydrogen) atoms. The van der Waals surface area contributed by atoms with Crippen molar-refractivity contribution in [3.8, 4) is 34.5 Å². The number of rotatable bonds is 8. The summed E-state index contributed by atoms with van der Waals surface area (Å²) in [6.07, 6.45) is -6.68. The van der Waals surface area contributed by atoms with Gasteiger partial charge in [-0.25, -0.2) is 17.6 Å². The van der Waals surface area contributed by atoms with Gasteiger partial charge >= 0.3 is 12.5 Å². The first-order valence-electron chi connectivity index (χ1n) is 12.6. The number of allylic oxidation sites excluding steroid dienone is 1. The molecular formula is C32H17Cl2F9O2. The Balaban J connectivity index is 1.57. The van der Waals surface area contributed by atoms with E-state index in [9.17, 15) is 39.5 Å². The largest absolute Gasteiger partial charge is 0.573 e. The van der Waals surface area contributed by atoms with Crippen LogP contribution in [-0.2, 0) is 12.5 Å². The molecule has 0 unspecified atom stereocenters. The number of hydrogen-bond donors (Lipinski definition) is 0. The number of ether oxygens (including phenoxy) is 2. The van der Waals surface area contributed by atoms with Crippen LogP contribution in [0, 0.1) is 35.1 Å². The first kappa shape index (κ1) is 33.6. The second-order valence-electron chi connectivity index (χ2n) is 9.29. The molecule has 234 valence electrons. The van der Waals surface area contributed by atoms with Crippen LogP contribution in [0.3, 0.4) is 0 Å². The van der Waals surface area contributed by atoms with Gasteiger partial charge in [-0.3, -0.25) is 0 Å². The molecule has 0 saturated heterocycles. The van der Waals surface area contributed by atoms with Crippen LogP contribution in [0.4, 0.5) is 39.5 Å². The number of benzene rings is 4. The van der Waals surface area contributed by atoms with Crippen LogP contribution >= 0.6 is 23.2 Å². The monoisotopic (exact) mass is 674 g/mol. The first-order chi connectivity index (χ1) is 21.1. The SMILES string of the molecule is C=CCCc1ccc(-c2cc(F)c(C#Cc3cc(F)c(C(F)(F)Oc4cc(Cl)c(OC(F)(F)F)c(Cl)c4)c(F)c3)c(F)c2)cc1. The van der Waals surface area contributed by atoms with Crippen molar-refractivity contribution in [1.82, 2.24) is 0 Å². The lowest BCUT2D eigenvalue weighted by Crippen LogP contribution is -2.25. The molecule has 4 aromatic carbocycles. The average molecular weight is 675 g/mol. The van der Waals surface area contributed by atoms with Gasteiger partial charge in [-0.05, 0) is 53.8 Å². The van der Waals surface area contributed by atoms with E-state index >= 15 is 0 Å². The Labute approximate surface area is 260 Å². The summed E-state index contributed by atoms with van der Waals surface area (Å²) >= 11 is 11.2. The van der Waals surface area contributed by atoms with Gasteiger partial charge in [0.15, 0.2) is 5.75 Å². The zero-order valence-corrected chi connectivity index (χ0v) is 24.0. The summed E-state index contributed by atoms with van der Waals surface area (Å²) < 4.78 is 134. The highest BCUT2D eigenvalue weighted by molar-refractivity contribution is 6.37. The van der Waals surface area contributed by atoms with E-state index in [4.69, 9.17) is 23.2 Å². The molecule has 0 bridgehead atoms. The highest BCUT2D eigenvalue weighted by Gasteiger charge is 2.42. The number of hydrogen-bond acceptors (Lipinski definition) is 2. The first-order valence-corrected chi connectivity index (χ1v) is 13.4. The molecule has 0 atom stereocenters. The lowest BCUT2D eigenvalue weighted by atomic mass is 10.00. The van der Waals surface area contributed by atoms with Gasteiger partial charge in [0.05, 0.1) is 15.6 Å².